The van der Waals surface area contributed by atoms with Crippen LogP contribution in [0.3, 0.4) is 0 Å². The zero-order valence-corrected chi connectivity index (χ0v) is 13.7. The molecule has 2 amide bonds. The van der Waals surface area contributed by atoms with Crippen molar-refractivity contribution in [2.45, 2.75) is 6.92 Å². The van der Waals surface area contributed by atoms with Gasteiger partial charge in [-0.15, -0.1) is 11.3 Å². The van der Waals surface area contributed by atoms with E-state index in [1.54, 1.807) is 16.3 Å². The van der Waals surface area contributed by atoms with Gasteiger partial charge in [0.05, 0.1) is 0 Å². The highest BCUT2D eigenvalue weighted by molar-refractivity contribution is 7.14. The highest BCUT2D eigenvalue weighted by Gasteiger charge is 2.21. The van der Waals surface area contributed by atoms with Gasteiger partial charge < -0.3 is 10.2 Å². The van der Waals surface area contributed by atoms with Crippen LogP contribution in [0, 0.1) is 6.92 Å². The van der Waals surface area contributed by atoms with Gasteiger partial charge >= 0.3 is 0 Å². The third-order valence-corrected chi connectivity index (χ3v) is 4.50. The minimum Gasteiger partial charge on any atom is -0.335 e. The molecular formula is C16H18N4O2S. The number of nitrogens with zero attached hydrogens (tertiary/aromatic N) is 2. The molecule has 1 aromatic carbocycles. The molecule has 1 aliphatic heterocycles. The topological polar surface area (TPSA) is 74.3 Å². The van der Waals surface area contributed by atoms with Crippen LogP contribution in [0.4, 0.5) is 5.13 Å². The minimum absolute atomic E-state index is 0.0841. The van der Waals surface area contributed by atoms with E-state index in [2.05, 4.69) is 15.6 Å². The van der Waals surface area contributed by atoms with Crippen LogP contribution in [0.1, 0.15) is 26.4 Å². The number of hydrogen-bond acceptors (Lipinski definition) is 5. The lowest BCUT2D eigenvalue weighted by molar-refractivity contribution is 0.0730. The molecule has 2 aromatic rings. The van der Waals surface area contributed by atoms with Gasteiger partial charge in [0.15, 0.2) is 5.13 Å². The predicted molar refractivity (Wildman–Crippen MR) is 90.0 cm³/mol. The van der Waals surface area contributed by atoms with Gasteiger partial charge in [0, 0.05) is 37.1 Å². The molecule has 0 saturated carbocycles. The van der Waals surface area contributed by atoms with E-state index in [1.807, 2.05) is 25.1 Å². The zero-order valence-electron chi connectivity index (χ0n) is 12.8. The number of benzene rings is 1. The van der Waals surface area contributed by atoms with Gasteiger partial charge in [-0.1, -0.05) is 18.2 Å². The van der Waals surface area contributed by atoms with Crippen molar-refractivity contribution in [1.29, 1.82) is 0 Å². The van der Waals surface area contributed by atoms with E-state index in [9.17, 15) is 9.59 Å². The average molecular weight is 330 g/mol. The Morgan fingerprint density at radius 3 is 2.74 bits per heavy atom. The van der Waals surface area contributed by atoms with E-state index in [-0.39, 0.29) is 11.8 Å². The Labute approximate surface area is 138 Å². The van der Waals surface area contributed by atoms with Crippen molar-refractivity contribution in [2.75, 3.05) is 31.5 Å². The summed E-state index contributed by atoms with van der Waals surface area (Å²) in [6.07, 6.45) is 0. The second-order valence-corrected chi connectivity index (χ2v) is 6.21. The molecule has 2 N–H and O–H groups in total. The lowest BCUT2D eigenvalue weighted by Gasteiger charge is -2.26. The highest BCUT2D eigenvalue weighted by Crippen LogP contribution is 2.19. The largest absolute Gasteiger partial charge is 0.335 e. The Hall–Kier alpha value is -2.25. The molecule has 1 aromatic heterocycles. The molecule has 0 spiro atoms. The third kappa shape index (κ3) is 3.57. The van der Waals surface area contributed by atoms with E-state index in [0.29, 0.717) is 29.5 Å². The van der Waals surface area contributed by atoms with Gasteiger partial charge in [0.1, 0.15) is 5.69 Å². The van der Waals surface area contributed by atoms with Crippen LogP contribution in [0.2, 0.25) is 0 Å². The fraction of sp³-hybridized carbons (Fsp3) is 0.312. The summed E-state index contributed by atoms with van der Waals surface area (Å²) in [6.45, 7) is 4.85. The van der Waals surface area contributed by atoms with Crippen LogP contribution in [0.25, 0.3) is 0 Å². The quantitative estimate of drug-likeness (QED) is 0.899. The van der Waals surface area contributed by atoms with Gasteiger partial charge in [0.2, 0.25) is 0 Å². The summed E-state index contributed by atoms with van der Waals surface area (Å²) in [6, 6.07) is 7.37. The first-order chi connectivity index (χ1) is 11.1. The van der Waals surface area contributed by atoms with Crippen LogP contribution in [-0.2, 0) is 0 Å². The zero-order chi connectivity index (χ0) is 16.2. The number of rotatable bonds is 3. The standard InChI is InChI=1S/C16H18N4O2S/c1-11-4-2-3-5-12(11)14(21)19-16-18-13(10-23-16)15(22)20-8-6-17-7-9-20/h2-5,10,17H,6-9H2,1H3,(H,18,19,21). The van der Waals surface area contributed by atoms with E-state index < -0.39 is 0 Å². The molecular weight excluding hydrogens is 312 g/mol. The molecule has 1 aliphatic rings. The van der Waals surface area contributed by atoms with Gasteiger partial charge in [-0.2, -0.15) is 0 Å². The fourth-order valence-electron chi connectivity index (χ4n) is 2.45. The summed E-state index contributed by atoms with van der Waals surface area (Å²) in [5, 5.41) is 8.10. The van der Waals surface area contributed by atoms with Crippen LogP contribution in [0.5, 0.6) is 0 Å². The molecule has 1 saturated heterocycles. The highest BCUT2D eigenvalue weighted by atomic mass is 32.1. The summed E-state index contributed by atoms with van der Waals surface area (Å²) in [4.78, 5) is 30.7. The van der Waals surface area contributed by atoms with Crippen molar-refractivity contribution in [3.63, 3.8) is 0 Å². The molecule has 0 bridgehead atoms. The molecule has 7 heteroatoms. The first-order valence-electron chi connectivity index (χ1n) is 7.47. The van der Waals surface area contributed by atoms with Gasteiger partial charge in [-0.25, -0.2) is 4.98 Å². The smallest absolute Gasteiger partial charge is 0.273 e. The molecule has 23 heavy (non-hydrogen) atoms. The van der Waals surface area contributed by atoms with E-state index >= 15 is 0 Å². The maximum Gasteiger partial charge on any atom is 0.273 e. The van der Waals surface area contributed by atoms with Crippen molar-refractivity contribution in [3.05, 3.63) is 46.5 Å². The SMILES string of the molecule is Cc1ccccc1C(=O)Nc1nc(C(=O)N2CCNCC2)cs1. The summed E-state index contributed by atoms with van der Waals surface area (Å²) in [5.41, 5.74) is 1.90. The lowest BCUT2D eigenvalue weighted by Crippen LogP contribution is -2.46. The van der Waals surface area contributed by atoms with Crippen LogP contribution >= 0.6 is 11.3 Å². The van der Waals surface area contributed by atoms with Crippen LogP contribution in [-0.4, -0.2) is 47.9 Å². The summed E-state index contributed by atoms with van der Waals surface area (Å²) in [7, 11) is 0. The van der Waals surface area contributed by atoms with Crippen LogP contribution in [0.15, 0.2) is 29.6 Å². The second kappa shape index (κ2) is 6.89. The molecule has 2 heterocycles. The number of anilines is 1. The number of thiazole rings is 1. The van der Waals surface area contributed by atoms with Crippen molar-refractivity contribution < 1.29 is 9.59 Å². The molecule has 3 rings (SSSR count). The number of carbonyl (C=O) groups excluding carboxylic acids is 2. The summed E-state index contributed by atoms with van der Waals surface area (Å²) in [5.74, 6) is -0.294. The average Bonchev–Trinajstić information content (AvgIpc) is 3.03. The van der Waals surface area contributed by atoms with Crippen molar-refractivity contribution in [1.82, 2.24) is 15.2 Å². The molecule has 6 nitrogen and oxygen atoms in total. The van der Waals surface area contributed by atoms with Gasteiger partial charge in [-0.05, 0) is 18.6 Å². The summed E-state index contributed by atoms with van der Waals surface area (Å²) < 4.78 is 0. The Morgan fingerprint density at radius 2 is 2.00 bits per heavy atom. The number of piperazine rings is 1. The van der Waals surface area contributed by atoms with Crippen molar-refractivity contribution in [2.24, 2.45) is 0 Å². The number of hydrogen-bond donors (Lipinski definition) is 2. The molecule has 0 radical (unpaired) electrons. The van der Waals surface area contributed by atoms with E-state index in [4.69, 9.17) is 0 Å². The third-order valence-electron chi connectivity index (χ3n) is 3.74. The molecule has 0 aliphatic carbocycles. The minimum atomic E-state index is -0.210. The maximum atomic E-state index is 12.4. The van der Waals surface area contributed by atoms with Crippen LogP contribution < -0.4 is 10.6 Å². The van der Waals surface area contributed by atoms with E-state index in [0.717, 1.165) is 18.7 Å². The summed E-state index contributed by atoms with van der Waals surface area (Å²) >= 11 is 1.26. The second-order valence-electron chi connectivity index (χ2n) is 5.35. The Balaban J connectivity index is 1.68. The van der Waals surface area contributed by atoms with Gasteiger partial charge in [-0.3, -0.25) is 14.9 Å². The van der Waals surface area contributed by atoms with Crippen molar-refractivity contribution >= 4 is 28.3 Å². The molecule has 1 fully saturated rings. The number of amides is 2. The maximum absolute atomic E-state index is 12.4. The fourth-order valence-corrected chi connectivity index (χ4v) is 3.13. The lowest BCUT2D eigenvalue weighted by atomic mass is 10.1. The first-order valence-corrected chi connectivity index (χ1v) is 8.35. The number of carbonyl (C=O) groups is 2. The van der Waals surface area contributed by atoms with E-state index in [1.165, 1.54) is 11.3 Å². The number of aromatic nitrogens is 1. The molecule has 0 atom stereocenters. The first kappa shape index (κ1) is 15.6. The predicted octanol–water partition coefficient (Wildman–Crippen LogP) is 1.75. The molecule has 120 valence electrons. The Kier molecular flexibility index (Phi) is 4.68. The normalized spacial score (nSPS) is 14.6. The van der Waals surface area contributed by atoms with Gasteiger partial charge in [0.25, 0.3) is 11.8 Å². The Bertz CT molecular complexity index is 722. The Morgan fingerprint density at radius 1 is 1.26 bits per heavy atom. The number of aryl methyl sites for hydroxylation is 1. The monoisotopic (exact) mass is 330 g/mol. The molecule has 0 unspecified atom stereocenters. The van der Waals surface area contributed by atoms with Crippen molar-refractivity contribution in [3.8, 4) is 0 Å². The number of nitrogens with one attached hydrogen (secondary N) is 2.